The number of cyclic esters (lactones) is 1. The number of non-ortho nitro benzene ring substituents is 1. The van der Waals surface area contributed by atoms with Crippen molar-refractivity contribution < 1.29 is 14.5 Å². The molecule has 0 bridgehead atoms. The van der Waals surface area contributed by atoms with E-state index < -0.39 is 4.92 Å². The van der Waals surface area contributed by atoms with Gasteiger partial charge in [0, 0.05) is 30.6 Å². The highest BCUT2D eigenvalue weighted by Crippen LogP contribution is 2.19. The van der Waals surface area contributed by atoms with Crippen molar-refractivity contribution in [1.29, 1.82) is 0 Å². The summed E-state index contributed by atoms with van der Waals surface area (Å²) in [6.45, 7) is 1.09. The smallest absolute Gasteiger partial charge is 0.410 e. The molecule has 2 rings (SSSR count). The van der Waals surface area contributed by atoms with Crippen molar-refractivity contribution in [3.63, 3.8) is 0 Å². The molecule has 7 nitrogen and oxygen atoms in total. The molecule has 1 atom stereocenters. The van der Waals surface area contributed by atoms with Crippen LogP contribution in [0.5, 0.6) is 0 Å². The zero-order valence-corrected chi connectivity index (χ0v) is 11.1. The minimum absolute atomic E-state index is 0.0655. The van der Waals surface area contributed by atoms with Gasteiger partial charge >= 0.3 is 6.09 Å². The third-order valence-electron chi connectivity index (χ3n) is 2.61. The maximum absolute atomic E-state index is 11.1. The molecule has 1 aromatic carbocycles. The second-order valence-electron chi connectivity index (χ2n) is 4.09. The maximum Gasteiger partial charge on any atom is 0.410 e. The minimum atomic E-state index is -0.435. The standard InChI is InChI=1S/C11H13N3O4S/c1-13-7-9(18-11(13)15)6-12-19-10-4-2-8(3-5-10)14(16)17/h2-5,9,12H,6-7H2,1H3/t9-/m1/s1. The largest absolute Gasteiger partial charge is 0.443 e. The van der Waals surface area contributed by atoms with Crippen LogP contribution in [0.25, 0.3) is 0 Å². The van der Waals surface area contributed by atoms with E-state index in [4.69, 9.17) is 4.74 Å². The molecule has 0 saturated carbocycles. The number of nitrogens with zero attached hydrogens (tertiary/aromatic N) is 2. The molecule has 1 aromatic rings. The fraction of sp³-hybridized carbons (Fsp3) is 0.364. The van der Waals surface area contributed by atoms with Crippen molar-refractivity contribution in [2.75, 3.05) is 20.1 Å². The average Bonchev–Trinajstić information content (AvgIpc) is 2.69. The SMILES string of the molecule is CN1C[C@@H](CNSc2ccc([N+](=O)[O-])cc2)OC1=O. The third kappa shape index (κ3) is 3.58. The van der Waals surface area contributed by atoms with Gasteiger partial charge in [0.25, 0.3) is 5.69 Å². The lowest BCUT2D eigenvalue weighted by molar-refractivity contribution is -0.384. The normalized spacial score (nSPS) is 18.5. The third-order valence-corrected chi connectivity index (χ3v) is 3.42. The number of nitro benzene ring substituents is 1. The molecule has 1 fully saturated rings. The van der Waals surface area contributed by atoms with Crippen LogP contribution < -0.4 is 4.72 Å². The molecule has 1 N–H and O–H groups in total. The molecule has 0 aromatic heterocycles. The average molecular weight is 283 g/mol. The first-order chi connectivity index (χ1) is 9.06. The molecule has 0 radical (unpaired) electrons. The van der Waals surface area contributed by atoms with E-state index >= 15 is 0 Å². The summed E-state index contributed by atoms with van der Waals surface area (Å²) in [6.07, 6.45) is -0.477. The van der Waals surface area contributed by atoms with E-state index in [1.807, 2.05) is 0 Å². The maximum atomic E-state index is 11.1. The molecule has 8 heteroatoms. The Kier molecular flexibility index (Phi) is 4.23. The summed E-state index contributed by atoms with van der Waals surface area (Å²) in [5, 5.41) is 10.5. The Morgan fingerprint density at radius 3 is 2.74 bits per heavy atom. The Morgan fingerprint density at radius 1 is 1.53 bits per heavy atom. The van der Waals surface area contributed by atoms with E-state index in [0.717, 1.165) is 4.90 Å². The molecule has 1 saturated heterocycles. The van der Waals surface area contributed by atoms with Gasteiger partial charge in [-0.3, -0.25) is 14.8 Å². The van der Waals surface area contributed by atoms with Crippen LogP contribution in [0.2, 0.25) is 0 Å². The van der Waals surface area contributed by atoms with Crippen molar-refractivity contribution >= 4 is 23.7 Å². The summed E-state index contributed by atoms with van der Waals surface area (Å²) in [6, 6.07) is 6.24. The summed E-state index contributed by atoms with van der Waals surface area (Å²) in [5.74, 6) is 0. The van der Waals surface area contributed by atoms with Crippen LogP contribution in [0.4, 0.5) is 10.5 Å². The van der Waals surface area contributed by atoms with Crippen LogP contribution in [-0.4, -0.2) is 42.2 Å². The molecular formula is C11H13N3O4S. The lowest BCUT2D eigenvalue weighted by Gasteiger charge is -2.08. The topological polar surface area (TPSA) is 84.7 Å². The van der Waals surface area contributed by atoms with Crippen LogP contribution >= 0.6 is 11.9 Å². The number of rotatable bonds is 5. The van der Waals surface area contributed by atoms with Gasteiger partial charge < -0.3 is 9.64 Å². The van der Waals surface area contributed by atoms with Crippen molar-refractivity contribution in [3.05, 3.63) is 34.4 Å². The van der Waals surface area contributed by atoms with Gasteiger partial charge in [0.2, 0.25) is 0 Å². The fourth-order valence-electron chi connectivity index (χ4n) is 1.61. The summed E-state index contributed by atoms with van der Waals surface area (Å²) in [5.41, 5.74) is 0.0655. The zero-order chi connectivity index (χ0) is 13.8. The predicted octanol–water partition coefficient (Wildman–Crippen LogP) is 1.64. The first-order valence-corrected chi connectivity index (χ1v) is 6.44. The Hall–Kier alpha value is -1.80. The molecule has 1 heterocycles. The fourth-order valence-corrected chi connectivity index (χ4v) is 2.32. The van der Waals surface area contributed by atoms with Gasteiger partial charge in [-0.1, -0.05) is 0 Å². The van der Waals surface area contributed by atoms with E-state index in [1.165, 1.54) is 29.0 Å². The van der Waals surface area contributed by atoms with Crippen LogP contribution in [0.3, 0.4) is 0 Å². The molecule has 19 heavy (non-hydrogen) atoms. The lowest BCUT2D eigenvalue weighted by atomic mass is 10.3. The van der Waals surface area contributed by atoms with Crippen molar-refractivity contribution in [2.24, 2.45) is 0 Å². The number of carbonyl (C=O) groups is 1. The molecule has 1 amide bonds. The van der Waals surface area contributed by atoms with E-state index in [2.05, 4.69) is 4.72 Å². The molecular weight excluding hydrogens is 270 g/mol. The summed E-state index contributed by atoms with van der Waals surface area (Å²) < 4.78 is 8.16. The Bertz CT molecular complexity index is 479. The van der Waals surface area contributed by atoms with Gasteiger partial charge in [-0.15, -0.1) is 0 Å². The summed E-state index contributed by atoms with van der Waals surface area (Å²) in [7, 11) is 1.69. The first kappa shape index (κ1) is 13.6. The Balaban J connectivity index is 1.77. The monoisotopic (exact) mass is 283 g/mol. The zero-order valence-electron chi connectivity index (χ0n) is 10.2. The van der Waals surface area contributed by atoms with E-state index in [-0.39, 0.29) is 17.9 Å². The van der Waals surface area contributed by atoms with Gasteiger partial charge in [-0.05, 0) is 24.1 Å². The van der Waals surface area contributed by atoms with Crippen molar-refractivity contribution in [3.8, 4) is 0 Å². The first-order valence-electron chi connectivity index (χ1n) is 5.62. The van der Waals surface area contributed by atoms with E-state index in [0.29, 0.717) is 13.1 Å². The van der Waals surface area contributed by atoms with Gasteiger partial charge in [0.1, 0.15) is 6.10 Å². The van der Waals surface area contributed by atoms with Crippen molar-refractivity contribution in [1.82, 2.24) is 9.62 Å². The highest BCUT2D eigenvalue weighted by atomic mass is 32.2. The molecule has 0 spiro atoms. The molecule has 1 aliphatic heterocycles. The van der Waals surface area contributed by atoms with Crippen LogP contribution in [0.1, 0.15) is 0 Å². The number of nitrogens with one attached hydrogen (secondary N) is 1. The van der Waals surface area contributed by atoms with Crippen LogP contribution in [0.15, 0.2) is 29.2 Å². The molecule has 0 unspecified atom stereocenters. The second-order valence-corrected chi connectivity index (χ2v) is 5.05. The molecule has 0 aliphatic carbocycles. The highest BCUT2D eigenvalue weighted by molar-refractivity contribution is 7.97. The quantitative estimate of drug-likeness (QED) is 0.502. The summed E-state index contributed by atoms with van der Waals surface area (Å²) >= 11 is 1.35. The molecule has 1 aliphatic rings. The number of likely N-dealkylation sites (N-methyl/N-ethyl adjacent to an activating group) is 1. The predicted molar refractivity (Wildman–Crippen MR) is 69.9 cm³/mol. The Morgan fingerprint density at radius 2 is 2.21 bits per heavy atom. The van der Waals surface area contributed by atoms with Crippen molar-refractivity contribution in [2.45, 2.75) is 11.0 Å². The van der Waals surface area contributed by atoms with Crippen LogP contribution in [0, 0.1) is 10.1 Å². The van der Waals surface area contributed by atoms with Gasteiger partial charge in [-0.2, -0.15) is 0 Å². The number of amides is 1. The van der Waals surface area contributed by atoms with E-state index in [9.17, 15) is 14.9 Å². The molecule has 102 valence electrons. The number of ether oxygens (including phenoxy) is 1. The number of hydrogen-bond acceptors (Lipinski definition) is 6. The van der Waals surface area contributed by atoms with Crippen LogP contribution in [-0.2, 0) is 4.74 Å². The summed E-state index contributed by atoms with van der Waals surface area (Å²) in [4.78, 5) is 23.6. The highest BCUT2D eigenvalue weighted by Gasteiger charge is 2.27. The van der Waals surface area contributed by atoms with Gasteiger partial charge in [0.15, 0.2) is 0 Å². The number of benzene rings is 1. The lowest BCUT2D eigenvalue weighted by Crippen LogP contribution is -2.26. The van der Waals surface area contributed by atoms with E-state index in [1.54, 1.807) is 19.2 Å². The van der Waals surface area contributed by atoms with Gasteiger partial charge in [-0.25, -0.2) is 4.79 Å². The number of carbonyl (C=O) groups excluding carboxylic acids is 1. The van der Waals surface area contributed by atoms with Gasteiger partial charge in [0.05, 0.1) is 11.5 Å². The minimum Gasteiger partial charge on any atom is -0.443 e. The second kappa shape index (κ2) is 5.89. The number of hydrogen-bond donors (Lipinski definition) is 1. The Labute approximate surface area is 114 Å². The number of nitro groups is 1.